The highest BCUT2D eigenvalue weighted by molar-refractivity contribution is 7.88. The molecule has 1 aromatic heterocycles. The minimum Gasteiger partial charge on any atom is -0.340 e. The molecule has 1 amide bonds. The zero-order valence-electron chi connectivity index (χ0n) is 14.5. The summed E-state index contributed by atoms with van der Waals surface area (Å²) >= 11 is 0. The molecule has 1 aromatic rings. The zero-order chi connectivity index (χ0) is 17.6. The van der Waals surface area contributed by atoms with E-state index in [0.29, 0.717) is 6.04 Å². The smallest absolute Gasteiger partial charge is 0.224 e. The van der Waals surface area contributed by atoms with Crippen LogP contribution in [0.25, 0.3) is 0 Å². The molecule has 1 atom stereocenters. The number of piperidine rings is 1. The van der Waals surface area contributed by atoms with E-state index < -0.39 is 10.0 Å². The zero-order valence-corrected chi connectivity index (χ0v) is 15.3. The number of carbonyl (C=O) groups excluding carboxylic acids is 1. The molecule has 0 bridgehead atoms. The lowest BCUT2D eigenvalue weighted by molar-refractivity contribution is -0.135. The molecule has 6 nitrogen and oxygen atoms in total. The second kappa shape index (κ2) is 8.58. The van der Waals surface area contributed by atoms with Crippen molar-refractivity contribution < 1.29 is 13.2 Å². The van der Waals surface area contributed by atoms with Crippen molar-refractivity contribution in [2.24, 2.45) is 0 Å². The van der Waals surface area contributed by atoms with Crippen LogP contribution in [0.3, 0.4) is 0 Å². The lowest BCUT2D eigenvalue weighted by Gasteiger charge is -2.35. The van der Waals surface area contributed by atoms with Crippen molar-refractivity contribution in [2.45, 2.75) is 51.6 Å². The second-order valence-corrected chi connectivity index (χ2v) is 8.33. The number of rotatable bonds is 7. The van der Waals surface area contributed by atoms with E-state index in [-0.39, 0.29) is 25.4 Å². The topological polar surface area (TPSA) is 70.6 Å². The van der Waals surface area contributed by atoms with Gasteiger partial charge in [-0.2, -0.15) is 4.31 Å². The van der Waals surface area contributed by atoms with Gasteiger partial charge < -0.3 is 4.90 Å². The molecular weight excluding hydrogens is 326 g/mol. The van der Waals surface area contributed by atoms with Gasteiger partial charge in [-0.1, -0.05) is 6.92 Å². The Morgan fingerprint density at radius 1 is 1.33 bits per heavy atom. The number of likely N-dealkylation sites (tertiary alicyclic amines) is 1. The molecule has 1 unspecified atom stereocenters. The number of aromatic nitrogens is 1. The number of amides is 1. The monoisotopic (exact) mass is 353 g/mol. The van der Waals surface area contributed by atoms with Gasteiger partial charge in [-0.3, -0.25) is 9.78 Å². The van der Waals surface area contributed by atoms with Gasteiger partial charge in [0, 0.05) is 44.5 Å². The molecule has 0 saturated carbocycles. The van der Waals surface area contributed by atoms with Gasteiger partial charge in [0.1, 0.15) is 0 Å². The van der Waals surface area contributed by atoms with Crippen LogP contribution >= 0.6 is 0 Å². The van der Waals surface area contributed by atoms with E-state index in [2.05, 4.69) is 11.9 Å². The molecule has 1 aliphatic rings. The third-order valence-electron chi connectivity index (χ3n) is 4.57. The predicted molar refractivity (Wildman–Crippen MR) is 93.8 cm³/mol. The number of hydrogen-bond acceptors (Lipinski definition) is 4. The van der Waals surface area contributed by atoms with Crippen molar-refractivity contribution >= 4 is 15.9 Å². The molecule has 7 heteroatoms. The van der Waals surface area contributed by atoms with Crippen LogP contribution in [0, 0.1) is 0 Å². The maximum Gasteiger partial charge on any atom is 0.224 e. The Morgan fingerprint density at radius 3 is 2.67 bits per heavy atom. The van der Waals surface area contributed by atoms with Crippen molar-refractivity contribution in [3.8, 4) is 0 Å². The summed E-state index contributed by atoms with van der Waals surface area (Å²) in [7, 11) is -3.37. The first-order chi connectivity index (χ1) is 11.4. The third-order valence-corrected chi connectivity index (χ3v) is 5.82. The Morgan fingerprint density at radius 2 is 2.04 bits per heavy atom. The highest BCUT2D eigenvalue weighted by Gasteiger charge is 2.26. The summed E-state index contributed by atoms with van der Waals surface area (Å²) in [5.41, 5.74) is 0.868. The van der Waals surface area contributed by atoms with Crippen LogP contribution in [0.2, 0.25) is 0 Å². The number of carbonyl (C=O) groups is 1. The largest absolute Gasteiger partial charge is 0.340 e. The average molecular weight is 353 g/mol. The van der Waals surface area contributed by atoms with E-state index in [1.54, 1.807) is 24.5 Å². The molecule has 0 spiro atoms. The van der Waals surface area contributed by atoms with Crippen molar-refractivity contribution in [1.29, 1.82) is 0 Å². The average Bonchev–Trinajstić information content (AvgIpc) is 2.58. The fraction of sp³-hybridized carbons (Fsp3) is 0.647. The highest BCUT2D eigenvalue weighted by Crippen LogP contribution is 2.20. The first-order valence-corrected chi connectivity index (χ1v) is 10.4. The Hall–Kier alpha value is -1.47. The Bertz CT molecular complexity index is 634. The van der Waals surface area contributed by atoms with Crippen molar-refractivity contribution in [2.75, 3.05) is 19.3 Å². The maximum absolute atomic E-state index is 12.5. The molecule has 0 N–H and O–H groups in total. The molecular formula is C17H27N3O3S. The highest BCUT2D eigenvalue weighted by atomic mass is 32.2. The number of sulfonamides is 1. The third kappa shape index (κ3) is 5.27. The normalized spacial score (nSPS) is 18.8. The number of nitrogens with zero attached hydrogens (tertiary/aromatic N) is 3. The molecule has 2 rings (SSSR count). The fourth-order valence-electron chi connectivity index (χ4n) is 3.17. The summed E-state index contributed by atoms with van der Waals surface area (Å²) in [4.78, 5) is 18.4. The van der Waals surface area contributed by atoms with Gasteiger partial charge in [-0.15, -0.1) is 0 Å². The second-order valence-electron chi connectivity index (χ2n) is 6.35. The van der Waals surface area contributed by atoms with E-state index in [0.717, 1.165) is 31.4 Å². The first-order valence-electron chi connectivity index (χ1n) is 8.55. The van der Waals surface area contributed by atoms with Gasteiger partial charge in [-0.25, -0.2) is 8.42 Å². The molecule has 1 saturated heterocycles. The van der Waals surface area contributed by atoms with E-state index in [4.69, 9.17) is 0 Å². The van der Waals surface area contributed by atoms with Gasteiger partial charge in [0.2, 0.25) is 15.9 Å². The molecule has 0 radical (unpaired) electrons. The summed E-state index contributed by atoms with van der Waals surface area (Å²) < 4.78 is 25.4. The molecule has 2 heterocycles. The van der Waals surface area contributed by atoms with E-state index in [1.807, 2.05) is 4.90 Å². The van der Waals surface area contributed by atoms with Crippen LogP contribution in [0.4, 0.5) is 0 Å². The molecule has 1 aliphatic heterocycles. The summed E-state index contributed by atoms with van der Waals surface area (Å²) in [5, 5.41) is 0. The lowest BCUT2D eigenvalue weighted by atomic mass is 9.99. The summed E-state index contributed by atoms with van der Waals surface area (Å²) in [6.45, 7) is 3.38. The lowest BCUT2D eigenvalue weighted by Crippen LogP contribution is -2.44. The fourth-order valence-corrected chi connectivity index (χ4v) is 3.98. The van der Waals surface area contributed by atoms with Gasteiger partial charge in [0.15, 0.2) is 0 Å². The predicted octanol–water partition coefficient (Wildman–Crippen LogP) is 2.02. The van der Waals surface area contributed by atoms with Gasteiger partial charge in [0.05, 0.1) is 6.26 Å². The van der Waals surface area contributed by atoms with Gasteiger partial charge in [-0.05, 0) is 43.4 Å². The molecule has 0 aromatic carbocycles. The summed E-state index contributed by atoms with van der Waals surface area (Å²) in [6, 6.07) is 3.88. The Labute approximate surface area is 144 Å². The van der Waals surface area contributed by atoms with Crippen LogP contribution in [0.1, 0.15) is 44.6 Å². The van der Waals surface area contributed by atoms with E-state index in [1.165, 1.54) is 17.0 Å². The molecule has 24 heavy (non-hydrogen) atoms. The van der Waals surface area contributed by atoms with Gasteiger partial charge in [0.25, 0.3) is 0 Å². The maximum atomic E-state index is 12.5. The van der Waals surface area contributed by atoms with Crippen molar-refractivity contribution in [3.63, 3.8) is 0 Å². The Kier molecular flexibility index (Phi) is 6.74. The van der Waals surface area contributed by atoms with Crippen molar-refractivity contribution in [1.82, 2.24) is 14.2 Å². The van der Waals surface area contributed by atoms with E-state index in [9.17, 15) is 13.2 Å². The van der Waals surface area contributed by atoms with Crippen LogP contribution in [-0.2, 0) is 21.4 Å². The first kappa shape index (κ1) is 18.9. The minimum atomic E-state index is -3.37. The SMILES string of the molecule is CCC1CCCCN1C(=O)CCN(Cc1ccncc1)S(C)(=O)=O. The summed E-state index contributed by atoms with van der Waals surface area (Å²) in [5.74, 6) is 0.0601. The van der Waals surface area contributed by atoms with Crippen LogP contribution in [0.15, 0.2) is 24.5 Å². The van der Waals surface area contributed by atoms with Crippen LogP contribution < -0.4 is 0 Å². The van der Waals surface area contributed by atoms with Crippen LogP contribution in [-0.4, -0.2) is 53.9 Å². The van der Waals surface area contributed by atoms with E-state index >= 15 is 0 Å². The standard InChI is InChI=1S/C17H27N3O3S/c1-3-16-6-4-5-12-20(16)17(21)9-13-19(24(2,22)23)14-15-7-10-18-11-8-15/h7-8,10-11,16H,3-6,9,12-14H2,1-2H3. The molecule has 134 valence electrons. The van der Waals surface area contributed by atoms with Gasteiger partial charge >= 0.3 is 0 Å². The molecule has 0 aliphatic carbocycles. The van der Waals surface area contributed by atoms with Crippen LogP contribution in [0.5, 0.6) is 0 Å². The number of pyridine rings is 1. The Balaban J connectivity index is 1.98. The molecule has 1 fully saturated rings. The number of hydrogen-bond donors (Lipinski definition) is 0. The quantitative estimate of drug-likeness (QED) is 0.752. The van der Waals surface area contributed by atoms with Crippen molar-refractivity contribution in [3.05, 3.63) is 30.1 Å². The summed E-state index contributed by atoms with van der Waals surface area (Å²) in [6.07, 6.45) is 8.91. The minimum absolute atomic E-state index is 0.0601.